The molecule has 1 aromatic heterocycles. The summed E-state index contributed by atoms with van der Waals surface area (Å²) >= 11 is 0. The number of benzene rings is 2. The monoisotopic (exact) mass is 546 g/mol. The fourth-order valence-electron chi connectivity index (χ4n) is 5.16. The van der Waals surface area contributed by atoms with Gasteiger partial charge in [-0.3, -0.25) is 9.59 Å². The van der Waals surface area contributed by atoms with Crippen LogP contribution in [0.3, 0.4) is 0 Å². The number of carbonyl (C=O) groups excluding carboxylic acids is 2. The summed E-state index contributed by atoms with van der Waals surface area (Å²) in [6.45, 7) is 13.2. The highest BCUT2D eigenvalue weighted by molar-refractivity contribution is 5.98. The average molecular weight is 547 g/mol. The van der Waals surface area contributed by atoms with Crippen molar-refractivity contribution in [3.63, 3.8) is 0 Å². The van der Waals surface area contributed by atoms with E-state index >= 15 is 0 Å². The predicted molar refractivity (Wildman–Crippen MR) is 163 cm³/mol. The van der Waals surface area contributed by atoms with Crippen LogP contribution < -0.4 is 16.0 Å². The first-order valence-corrected chi connectivity index (χ1v) is 14.8. The van der Waals surface area contributed by atoms with Crippen molar-refractivity contribution in [3.8, 4) is 0 Å². The molecule has 8 heteroatoms. The number of fused-ring (bicyclic) bond motifs is 1. The third kappa shape index (κ3) is 7.62. The summed E-state index contributed by atoms with van der Waals surface area (Å²) in [4.78, 5) is 32.7. The zero-order valence-electron chi connectivity index (χ0n) is 24.8. The Balaban J connectivity index is 1.66. The lowest BCUT2D eigenvalue weighted by Gasteiger charge is -2.25. The van der Waals surface area contributed by atoms with Crippen molar-refractivity contribution in [2.75, 3.05) is 38.5 Å². The van der Waals surface area contributed by atoms with Crippen LogP contribution in [0.2, 0.25) is 0 Å². The quantitative estimate of drug-likeness (QED) is 0.272. The number of nitrogens with zero attached hydrogens (tertiary/aromatic N) is 3. The molecule has 8 nitrogen and oxygen atoms in total. The highest BCUT2D eigenvalue weighted by Gasteiger charge is 2.22. The summed E-state index contributed by atoms with van der Waals surface area (Å²) in [6.07, 6.45) is 4.20. The van der Waals surface area contributed by atoms with Crippen LogP contribution in [0, 0.1) is 17.8 Å². The Bertz CT molecular complexity index is 1260. The first-order chi connectivity index (χ1) is 19.2. The highest BCUT2D eigenvalue weighted by Crippen LogP contribution is 2.28. The molecule has 3 aromatic rings. The van der Waals surface area contributed by atoms with Crippen LogP contribution in [0.25, 0.3) is 11.0 Å². The van der Waals surface area contributed by atoms with Gasteiger partial charge in [-0.05, 0) is 99.0 Å². The summed E-state index contributed by atoms with van der Waals surface area (Å²) in [5.41, 5.74) is 4.03. The predicted octanol–water partition coefficient (Wildman–Crippen LogP) is 5.67. The van der Waals surface area contributed by atoms with E-state index in [-0.39, 0.29) is 11.8 Å². The van der Waals surface area contributed by atoms with E-state index in [1.54, 1.807) is 19.2 Å². The molecule has 2 heterocycles. The fraction of sp³-hybridized carbons (Fsp3) is 0.531. The summed E-state index contributed by atoms with van der Waals surface area (Å²) in [7, 11) is 1.63. The maximum Gasteiger partial charge on any atom is 0.253 e. The van der Waals surface area contributed by atoms with E-state index in [4.69, 9.17) is 4.98 Å². The second-order valence-corrected chi connectivity index (χ2v) is 11.9. The molecule has 0 spiro atoms. The molecular weight excluding hydrogens is 500 g/mol. The maximum atomic E-state index is 13.8. The molecule has 0 atom stereocenters. The molecule has 0 radical (unpaired) electrons. The lowest BCUT2D eigenvalue weighted by atomic mass is 9.98. The van der Waals surface area contributed by atoms with Gasteiger partial charge >= 0.3 is 0 Å². The van der Waals surface area contributed by atoms with Gasteiger partial charge in [0.25, 0.3) is 11.8 Å². The van der Waals surface area contributed by atoms with Crippen LogP contribution in [-0.2, 0) is 6.54 Å². The second-order valence-electron chi connectivity index (χ2n) is 11.9. The van der Waals surface area contributed by atoms with Crippen molar-refractivity contribution < 1.29 is 9.59 Å². The van der Waals surface area contributed by atoms with Gasteiger partial charge in [-0.2, -0.15) is 0 Å². The third-order valence-electron chi connectivity index (χ3n) is 7.76. The number of carbonyl (C=O) groups is 2. The number of imidazole rings is 1. The molecule has 0 bridgehead atoms. The van der Waals surface area contributed by atoms with Crippen molar-refractivity contribution >= 4 is 34.5 Å². The summed E-state index contributed by atoms with van der Waals surface area (Å²) < 4.78 is 2.24. The maximum absolute atomic E-state index is 13.8. The Morgan fingerprint density at radius 2 is 1.60 bits per heavy atom. The van der Waals surface area contributed by atoms with Crippen LogP contribution in [0.4, 0.5) is 11.6 Å². The van der Waals surface area contributed by atoms with Gasteiger partial charge in [0.1, 0.15) is 0 Å². The molecule has 1 saturated heterocycles. The summed E-state index contributed by atoms with van der Waals surface area (Å²) in [6, 6.07) is 13.3. The molecule has 1 aliphatic heterocycles. The van der Waals surface area contributed by atoms with Gasteiger partial charge in [0.15, 0.2) is 0 Å². The van der Waals surface area contributed by atoms with Gasteiger partial charge in [0.05, 0.1) is 11.0 Å². The van der Waals surface area contributed by atoms with Crippen LogP contribution in [0.5, 0.6) is 0 Å². The smallest absolute Gasteiger partial charge is 0.253 e. The van der Waals surface area contributed by atoms with Crippen molar-refractivity contribution in [1.29, 1.82) is 0 Å². The Morgan fingerprint density at radius 3 is 2.20 bits per heavy atom. The van der Waals surface area contributed by atoms with Crippen LogP contribution in [0.1, 0.15) is 74.1 Å². The summed E-state index contributed by atoms with van der Waals surface area (Å²) in [5, 5.41) is 9.60. The zero-order valence-corrected chi connectivity index (χ0v) is 24.8. The van der Waals surface area contributed by atoms with Crippen LogP contribution in [0.15, 0.2) is 42.5 Å². The second kappa shape index (κ2) is 13.8. The largest absolute Gasteiger partial charge is 0.355 e. The first kappa shape index (κ1) is 29.6. The van der Waals surface area contributed by atoms with E-state index < -0.39 is 0 Å². The molecule has 1 fully saturated rings. The lowest BCUT2D eigenvalue weighted by Crippen LogP contribution is -2.34. The van der Waals surface area contributed by atoms with Gasteiger partial charge in [-0.15, -0.1) is 0 Å². The minimum absolute atomic E-state index is 0.0946. The van der Waals surface area contributed by atoms with Crippen molar-refractivity contribution in [3.05, 3.63) is 53.6 Å². The molecule has 0 aliphatic carbocycles. The van der Waals surface area contributed by atoms with E-state index in [0.29, 0.717) is 28.9 Å². The van der Waals surface area contributed by atoms with Gasteiger partial charge in [-0.25, -0.2) is 4.98 Å². The minimum atomic E-state index is -0.113. The van der Waals surface area contributed by atoms with E-state index in [2.05, 4.69) is 48.2 Å². The molecule has 40 heavy (non-hydrogen) atoms. The van der Waals surface area contributed by atoms with E-state index in [9.17, 15) is 9.59 Å². The van der Waals surface area contributed by atoms with E-state index in [0.717, 1.165) is 81.1 Å². The molecule has 216 valence electrons. The molecule has 3 N–H and O–H groups in total. The Labute approximate surface area is 238 Å². The van der Waals surface area contributed by atoms with Crippen molar-refractivity contribution in [1.82, 2.24) is 25.1 Å². The Kier molecular flexibility index (Phi) is 10.2. The van der Waals surface area contributed by atoms with Gasteiger partial charge in [0.2, 0.25) is 5.95 Å². The van der Waals surface area contributed by atoms with Crippen molar-refractivity contribution in [2.24, 2.45) is 17.8 Å². The first-order valence-electron chi connectivity index (χ1n) is 14.8. The number of aromatic nitrogens is 2. The molecule has 0 saturated carbocycles. The number of piperidine rings is 1. The molecular formula is C32H46N6O2. The van der Waals surface area contributed by atoms with E-state index in [1.807, 2.05) is 35.2 Å². The molecule has 2 aromatic carbocycles. The molecule has 2 amide bonds. The number of amides is 2. The summed E-state index contributed by atoms with van der Waals surface area (Å²) in [5.74, 6) is 2.35. The normalized spacial score (nSPS) is 14.2. The topological polar surface area (TPSA) is 91.3 Å². The molecule has 4 rings (SSSR count). The van der Waals surface area contributed by atoms with Crippen LogP contribution >= 0.6 is 0 Å². The Morgan fingerprint density at radius 1 is 0.975 bits per heavy atom. The van der Waals surface area contributed by atoms with Crippen molar-refractivity contribution in [2.45, 2.75) is 59.9 Å². The third-order valence-corrected chi connectivity index (χ3v) is 7.76. The number of nitrogens with one attached hydrogen (secondary N) is 3. The number of hydrogen-bond donors (Lipinski definition) is 3. The highest BCUT2D eigenvalue weighted by atomic mass is 16.2. The van der Waals surface area contributed by atoms with E-state index in [1.165, 1.54) is 0 Å². The van der Waals surface area contributed by atoms with Gasteiger partial charge in [0, 0.05) is 43.5 Å². The molecule has 0 unspecified atom stereocenters. The average Bonchev–Trinajstić information content (AvgIpc) is 3.28. The zero-order chi connectivity index (χ0) is 28.6. The fourth-order valence-corrected chi connectivity index (χ4v) is 5.16. The number of hydrogen-bond acceptors (Lipinski definition) is 5. The van der Waals surface area contributed by atoms with Gasteiger partial charge < -0.3 is 25.4 Å². The lowest BCUT2D eigenvalue weighted by molar-refractivity contribution is 0.0740. The standard InChI is InChI=1S/C32H46N6O2/c1-22(2)14-18-37(19-15-23(3)4)31(40)26-8-11-28-29(20-26)38(21-24-12-16-34-17-13-24)32(36-28)35-27-9-6-25(7-10-27)30(39)33-5/h6-11,20,22-24,34H,12-19,21H2,1-5H3,(H,33,39)(H,35,36). The van der Waals surface area contributed by atoms with Gasteiger partial charge in [-0.1, -0.05) is 27.7 Å². The number of rotatable bonds is 12. The number of anilines is 2. The molecule has 1 aliphatic rings. The Hall–Kier alpha value is -3.39. The SMILES string of the molecule is CNC(=O)c1ccc(Nc2nc3ccc(C(=O)N(CCC(C)C)CCC(C)C)cc3n2CC2CCNCC2)cc1. The minimum Gasteiger partial charge on any atom is -0.355 e. The van der Waals surface area contributed by atoms with Crippen LogP contribution in [-0.4, -0.2) is 59.5 Å².